The van der Waals surface area contributed by atoms with E-state index in [9.17, 15) is 4.79 Å². The van der Waals surface area contributed by atoms with Gasteiger partial charge in [-0.05, 0) is 48.7 Å². The van der Waals surface area contributed by atoms with Gasteiger partial charge >= 0.3 is 6.09 Å². The Hall–Kier alpha value is -1.03. The van der Waals surface area contributed by atoms with Gasteiger partial charge in [-0.25, -0.2) is 4.79 Å². The Balaban J connectivity index is 3.29. The Bertz CT molecular complexity index is 481. The normalized spacial score (nSPS) is 11.7. The lowest BCUT2D eigenvalue weighted by Crippen LogP contribution is -2.29. The van der Waals surface area contributed by atoms with E-state index in [0.717, 1.165) is 15.9 Å². The smallest absolute Gasteiger partial charge is 0.419 e. The number of ether oxygens (including phenoxy) is 1. The fraction of sp³-hybridized carbons (Fsp3) is 0.533. The molecule has 0 aromatic carbocycles. The van der Waals surface area contributed by atoms with E-state index in [4.69, 9.17) is 4.74 Å². The Kier molecular flexibility index (Phi) is 5.02. The molecule has 0 bridgehead atoms. The molecule has 4 heteroatoms. The van der Waals surface area contributed by atoms with Crippen LogP contribution in [0.3, 0.4) is 0 Å². The molecule has 0 saturated carbocycles. The van der Waals surface area contributed by atoms with Crippen LogP contribution in [0, 0.1) is 0 Å². The van der Waals surface area contributed by atoms with Gasteiger partial charge in [-0.15, -0.1) is 6.58 Å². The van der Waals surface area contributed by atoms with Gasteiger partial charge in [-0.1, -0.05) is 19.9 Å². The lowest BCUT2D eigenvalue weighted by Gasteiger charge is -2.22. The number of carbonyl (C=O) groups is 1. The molecule has 0 amide bonds. The predicted molar refractivity (Wildman–Crippen MR) is 81.8 cm³/mol. The summed E-state index contributed by atoms with van der Waals surface area (Å²) in [4.78, 5) is 12.4. The minimum atomic E-state index is -0.506. The Morgan fingerprint density at radius 3 is 2.53 bits per heavy atom. The van der Waals surface area contributed by atoms with Crippen LogP contribution in [0.25, 0.3) is 0 Å². The molecule has 0 saturated heterocycles. The fourth-order valence-electron chi connectivity index (χ4n) is 1.81. The van der Waals surface area contributed by atoms with E-state index in [1.54, 1.807) is 10.6 Å². The zero-order chi connectivity index (χ0) is 14.8. The van der Waals surface area contributed by atoms with Gasteiger partial charge in [0.1, 0.15) is 5.60 Å². The topological polar surface area (TPSA) is 31.2 Å². The first kappa shape index (κ1) is 16.0. The molecule has 0 atom stereocenters. The quantitative estimate of drug-likeness (QED) is 0.740. The minimum absolute atomic E-state index is 0.238. The summed E-state index contributed by atoms with van der Waals surface area (Å²) in [6.07, 6.45) is 2.07. The van der Waals surface area contributed by atoms with Crippen molar-refractivity contribution >= 4 is 22.0 Å². The highest BCUT2D eigenvalue weighted by atomic mass is 79.9. The van der Waals surface area contributed by atoms with Crippen LogP contribution >= 0.6 is 15.9 Å². The Morgan fingerprint density at radius 1 is 1.53 bits per heavy atom. The molecule has 0 aliphatic rings. The number of carbonyl (C=O) groups excluding carboxylic acids is 1. The number of aromatic nitrogens is 1. The standard InChI is InChI=1S/C15H22BrNO2/c1-7-8-12-11(16)9-13(10(2)3)17(12)14(18)19-15(4,5)6/h7,9-10H,1,8H2,2-6H3. The van der Waals surface area contributed by atoms with Gasteiger partial charge in [0.25, 0.3) is 0 Å². The van der Waals surface area contributed by atoms with E-state index in [1.807, 2.05) is 26.8 Å². The van der Waals surface area contributed by atoms with E-state index in [1.165, 1.54) is 0 Å². The fourth-order valence-corrected chi connectivity index (χ4v) is 2.39. The highest BCUT2D eigenvalue weighted by molar-refractivity contribution is 9.10. The molecule has 106 valence electrons. The summed E-state index contributed by atoms with van der Waals surface area (Å²) >= 11 is 3.51. The van der Waals surface area contributed by atoms with Crippen molar-refractivity contribution in [2.75, 3.05) is 0 Å². The largest absolute Gasteiger partial charge is 0.443 e. The summed E-state index contributed by atoms with van der Waals surface area (Å²) in [5.74, 6) is 0.238. The Morgan fingerprint density at radius 2 is 2.11 bits per heavy atom. The van der Waals surface area contributed by atoms with E-state index in [2.05, 4.69) is 36.4 Å². The van der Waals surface area contributed by atoms with Crippen molar-refractivity contribution in [2.45, 2.75) is 52.6 Å². The predicted octanol–water partition coefficient (Wildman–Crippen LogP) is 4.89. The molecule has 19 heavy (non-hydrogen) atoms. The molecular formula is C15H22BrNO2. The van der Waals surface area contributed by atoms with Gasteiger partial charge in [0, 0.05) is 22.3 Å². The van der Waals surface area contributed by atoms with Crippen LogP contribution in [0.15, 0.2) is 23.2 Å². The highest BCUT2D eigenvalue weighted by Crippen LogP contribution is 2.28. The first-order valence-corrected chi connectivity index (χ1v) is 7.21. The number of nitrogens with zero attached hydrogens (tertiary/aromatic N) is 1. The molecule has 3 nitrogen and oxygen atoms in total. The van der Waals surface area contributed by atoms with Crippen LogP contribution < -0.4 is 0 Å². The maximum absolute atomic E-state index is 12.4. The second kappa shape index (κ2) is 5.95. The van der Waals surface area contributed by atoms with E-state index < -0.39 is 5.60 Å². The van der Waals surface area contributed by atoms with Gasteiger partial charge < -0.3 is 4.74 Å². The van der Waals surface area contributed by atoms with Gasteiger partial charge in [-0.2, -0.15) is 0 Å². The van der Waals surface area contributed by atoms with Gasteiger partial charge in [-0.3, -0.25) is 4.57 Å². The van der Waals surface area contributed by atoms with Gasteiger partial charge in [0.05, 0.1) is 0 Å². The number of allylic oxidation sites excluding steroid dienone is 1. The zero-order valence-electron chi connectivity index (χ0n) is 12.3. The monoisotopic (exact) mass is 327 g/mol. The molecular weight excluding hydrogens is 306 g/mol. The molecule has 0 aliphatic heterocycles. The van der Waals surface area contributed by atoms with E-state index in [-0.39, 0.29) is 12.0 Å². The second-order valence-corrected chi connectivity index (χ2v) is 6.68. The molecule has 1 aromatic heterocycles. The maximum Gasteiger partial charge on any atom is 0.419 e. The maximum atomic E-state index is 12.4. The molecule has 0 aliphatic carbocycles. The number of rotatable bonds is 3. The molecule has 0 N–H and O–H groups in total. The lowest BCUT2D eigenvalue weighted by molar-refractivity contribution is 0.0527. The number of hydrogen-bond acceptors (Lipinski definition) is 2. The second-order valence-electron chi connectivity index (χ2n) is 5.83. The van der Waals surface area contributed by atoms with E-state index >= 15 is 0 Å². The number of hydrogen-bond donors (Lipinski definition) is 0. The Labute approximate surface area is 123 Å². The summed E-state index contributed by atoms with van der Waals surface area (Å²) < 4.78 is 8.06. The lowest BCUT2D eigenvalue weighted by atomic mass is 10.1. The first-order chi connectivity index (χ1) is 8.67. The molecule has 0 spiro atoms. The van der Waals surface area contributed by atoms with Crippen molar-refractivity contribution in [1.82, 2.24) is 4.57 Å². The molecule has 1 heterocycles. The first-order valence-electron chi connectivity index (χ1n) is 6.41. The average Bonchev–Trinajstić information content (AvgIpc) is 2.55. The molecule has 0 unspecified atom stereocenters. The van der Waals surface area contributed by atoms with Crippen LogP contribution in [-0.4, -0.2) is 16.3 Å². The third kappa shape index (κ3) is 3.96. The van der Waals surface area contributed by atoms with Crippen LogP contribution in [0.5, 0.6) is 0 Å². The third-order valence-corrected chi connectivity index (χ3v) is 3.27. The molecule has 0 radical (unpaired) electrons. The highest BCUT2D eigenvalue weighted by Gasteiger charge is 2.24. The summed E-state index contributed by atoms with van der Waals surface area (Å²) in [5.41, 5.74) is 1.32. The van der Waals surface area contributed by atoms with Crippen molar-refractivity contribution in [3.05, 3.63) is 34.6 Å². The van der Waals surface area contributed by atoms with Gasteiger partial charge in [0.2, 0.25) is 0 Å². The van der Waals surface area contributed by atoms with Crippen LogP contribution in [0.4, 0.5) is 4.79 Å². The van der Waals surface area contributed by atoms with Crippen molar-refractivity contribution in [3.63, 3.8) is 0 Å². The average molecular weight is 328 g/mol. The number of halogens is 1. The van der Waals surface area contributed by atoms with Crippen molar-refractivity contribution in [3.8, 4) is 0 Å². The summed E-state index contributed by atoms with van der Waals surface area (Å²) in [7, 11) is 0. The molecule has 1 aromatic rings. The SMILES string of the molecule is C=CCc1c(Br)cc(C(C)C)n1C(=O)OC(C)(C)C. The van der Waals surface area contributed by atoms with Crippen molar-refractivity contribution in [2.24, 2.45) is 0 Å². The summed E-state index contributed by atoms with van der Waals surface area (Å²) in [6.45, 7) is 13.5. The van der Waals surface area contributed by atoms with Crippen molar-refractivity contribution < 1.29 is 9.53 Å². The van der Waals surface area contributed by atoms with Crippen LogP contribution in [-0.2, 0) is 11.2 Å². The third-order valence-electron chi connectivity index (χ3n) is 2.58. The summed E-state index contributed by atoms with van der Waals surface area (Å²) in [5, 5.41) is 0. The van der Waals surface area contributed by atoms with Crippen molar-refractivity contribution in [1.29, 1.82) is 0 Å². The molecule has 0 fully saturated rings. The zero-order valence-corrected chi connectivity index (χ0v) is 13.9. The molecule has 1 rings (SSSR count). The van der Waals surface area contributed by atoms with E-state index in [0.29, 0.717) is 6.42 Å². The summed E-state index contributed by atoms with van der Waals surface area (Å²) in [6, 6.07) is 1.98. The van der Waals surface area contributed by atoms with Crippen LogP contribution in [0.2, 0.25) is 0 Å². The van der Waals surface area contributed by atoms with Crippen LogP contribution in [0.1, 0.15) is 51.9 Å². The minimum Gasteiger partial charge on any atom is -0.443 e. The van der Waals surface area contributed by atoms with Gasteiger partial charge in [0.15, 0.2) is 0 Å².